The molecule has 2 atom stereocenters. The number of hydrogen-bond acceptors (Lipinski definition) is 3. The van der Waals surface area contributed by atoms with Gasteiger partial charge in [-0.15, -0.1) is 0 Å². The molecule has 1 N–H and O–H groups in total. The third-order valence-electron chi connectivity index (χ3n) is 5.64. The number of nitrogens with one attached hydrogen (secondary N) is 1. The molecular weight excluding hydrogens is 362 g/mol. The summed E-state index contributed by atoms with van der Waals surface area (Å²) in [5, 5.41) is 2.79. The van der Waals surface area contributed by atoms with Crippen molar-refractivity contribution in [2.45, 2.75) is 53.4 Å². The largest absolute Gasteiger partial charge is 0.501 e. The average molecular weight is 396 g/mol. The quantitative estimate of drug-likeness (QED) is 0.401. The van der Waals surface area contributed by atoms with Gasteiger partial charge in [-0.05, 0) is 74.9 Å². The molecule has 1 amide bonds. The first kappa shape index (κ1) is 22.7. The van der Waals surface area contributed by atoms with E-state index in [1.807, 2.05) is 39.8 Å². The molecule has 4 heteroatoms. The molecule has 29 heavy (non-hydrogen) atoms. The van der Waals surface area contributed by atoms with Gasteiger partial charge < -0.3 is 10.1 Å². The van der Waals surface area contributed by atoms with Crippen molar-refractivity contribution in [3.05, 3.63) is 64.4 Å². The summed E-state index contributed by atoms with van der Waals surface area (Å²) in [5.41, 5.74) is 6.37. The molecule has 4 nitrogen and oxygen atoms in total. The van der Waals surface area contributed by atoms with E-state index in [2.05, 4.69) is 31.0 Å². The van der Waals surface area contributed by atoms with Crippen molar-refractivity contribution in [1.82, 2.24) is 5.32 Å². The summed E-state index contributed by atoms with van der Waals surface area (Å²) in [6, 6.07) is 4.25. The maximum atomic E-state index is 13.1. The Kier molecular flexibility index (Phi) is 7.60. The molecule has 2 rings (SSSR count). The zero-order valence-electron chi connectivity index (χ0n) is 18.5. The maximum Gasteiger partial charge on any atom is 0.220 e. The molecule has 1 aromatic rings. The fourth-order valence-electron chi connectivity index (χ4n) is 4.05. The van der Waals surface area contributed by atoms with Gasteiger partial charge in [0.05, 0.1) is 18.8 Å². The van der Waals surface area contributed by atoms with E-state index in [0.717, 1.165) is 39.2 Å². The van der Waals surface area contributed by atoms with Gasteiger partial charge in [-0.25, -0.2) is 0 Å². The number of carbonyl (C=O) groups is 2. The number of methoxy groups -OCH3 is 1. The number of amides is 1. The number of ether oxygens (including phenoxy) is 1. The Labute approximate surface area is 174 Å². The van der Waals surface area contributed by atoms with Crippen LogP contribution in [0, 0.1) is 19.8 Å². The van der Waals surface area contributed by atoms with E-state index < -0.39 is 0 Å². The van der Waals surface area contributed by atoms with Gasteiger partial charge in [0.2, 0.25) is 5.91 Å². The molecule has 0 heterocycles. The Morgan fingerprint density at radius 2 is 1.86 bits per heavy atom. The minimum Gasteiger partial charge on any atom is -0.501 e. The number of Topliss-reactive ketones (excluding diaryl/α,β-unsaturated/α-hetero) is 1. The predicted molar refractivity (Wildman–Crippen MR) is 119 cm³/mol. The number of allylic oxidation sites excluding steroid dienone is 5. The van der Waals surface area contributed by atoms with Crippen molar-refractivity contribution >= 4 is 17.3 Å². The SMILES string of the molecule is C=C1CC(CC(=O)NCC)C(=O)C1c1c(C)cc(/C(C)=C/C=C(\C)OC)cc1C. The summed E-state index contributed by atoms with van der Waals surface area (Å²) >= 11 is 0. The lowest BCUT2D eigenvalue weighted by molar-refractivity contribution is -0.127. The van der Waals surface area contributed by atoms with Crippen LogP contribution in [0.5, 0.6) is 0 Å². The van der Waals surface area contributed by atoms with Crippen LogP contribution in [0.4, 0.5) is 0 Å². The Morgan fingerprint density at radius 1 is 1.24 bits per heavy atom. The van der Waals surface area contributed by atoms with Crippen LogP contribution in [0.2, 0.25) is 0 Å². The van der Waals surface area contributed by atoms with Gasteiger partial charge in [-0.3, -0.25) is 9.59 Å². The fourth-order valence-corrected chi connectivity index (χ4v) is 4.05. The van der Waals surface area contributed by atoms with Crippen molar-refractivity contribution in [2.24, 2.45) is 5.92 Å². The Balaban J connectivity index is 2.32. The van der Waals surface area contributed by atoms with E-state index in [1.165, 1.54) is 0 Å². The second-order valence-corrected chi connectivity index (χ2v) is 7.91. The second-order valence-electron chi connectivity index (χ2n) is 7.91. The van der Waals surface area contributed by atoms with Crippen LogP contribution in [0.3, 0.4) is 0 Å². The summed E-state index contributed by atoms with van der Waals surface area (Å²) in [7, 11) is 1.66. The highest BCUT2D eigenvalue weighted by atomic mass is 16.5. The normalized spacial score (nSPS) is 20.2. The number of carbonyl (C=O) groups excluding carboxylic acids is 2. The van der Waals surface area contributed by atoms with Gasteiger partial charge in [-0.2, -0.15) is 0 Å². The molecule has 0 bridgehead atoms. The van der Waals surface area contributed by atoms with E-state index >= 15 is 0 Å². The first-order valence-corrected chi connectivity index (χ1v) is 10.2. The molecule has 1 fully saturated rings. The molecule has 2 unspecified atom stereocenters. The lowest BCUT2D eigenvalue weighted by atomic mass is 9.84. The third kappa shape index (κ3) is 5.26. The molecule has 0 aromatic heterocycles. The molecule has 156 valence electrons. The van der Waals surface area contributed by atoms with Crippen molar-refractivity contribution in [2.75, 3.05) is 13.7 Å². The van der Waals surface area contributed by atoms with Crippen LogP contribution in [0.25, 0.3) is 5.57 Å². The fraction of sp³-hybridized carbons (Fsp3) is 0.440. The number of ketones is 1. The smallest absolute Gasteiger partial charge is 0.220 e. The van der Waals surface area contributed by atoms with Crippen molar-refractivity contribution in [3.8, 4) is 0 Å². The van der Waals surface area contributed by atoms with Gasteiger partial charge in [0.1, 0.15) is 5.78 Å². The maximum absolute atomic E-state index is 13.1. The van der Waals surface area contributed by atoms with E-state index in [1.54, 1.807) is 7.11 Å². The van der Waals surface area contributed by atoms with Gasteiger partial charge in [-0.1, -0.05) is 30.4 Å². The van der Waals surface area contributed by atoms with Crippen LogP contribution in [-0.4, -0.2) is 25.3 Å². The number of aryl methyl sites for hydroxylation is 2. The molecule has 0 radical (unpaired) electrons. The highest BCUT2D eigenvalue weighted by Crippen LogP contribution is 2.43. The summed E-state index contributed by atoms with van der Waals surface area (Å²) in [6.07, 6.45) is 4.81. The van der Waals surface area contributed by atoms with Gasteiger partial charge in [0, 0.05) is 18.9 Å². The van der Waals surface area contributed by atoms with Crippen molar-refractivity contribution in [1.29, 1.82) is 0 Å². The van der Waals surface area contributed by atoms with Crippen LogP contribution < -0.4 is 5.32 Å². The molecule has 1 saturated carbocycles. The minimum absolute atomic E-state index is 0.0664. The monoisotopic (exact) mass is 395 g/mol. The Hall–Kier alpha value is -2.62. The van der Waals surface area contributed by atoms with Crippen molar-refractivity contribution < 1.29 is 14.3 Å². The van der Waals surface area contributed by atoms with Gasteiger partial charge >= 0.3 is 0 Å². The first-order valence-electron chi connectivity index (χ1n) is 10.2. The standard InChI is InChI=1S/C25H33NO3/c1-8-26-22(27)14-21-13-18(5)24(25(21)28)23-16(3)11-20(12-17(23)4)15(2)9-10-19(6)29-7/h9-12,21,24H,5,8,13-14H2,1-4,6-7H3,(H,26,27)/b15-9+,19-10+. The van der Waals surface area contributed by atoms with E-state index in [-0.39, 0.29) is 29.9 Å². The topological polar surface area (TPSA) is 55.4 Å². The highest BCUT2D eigenvalue weighted by Gasteiger charge is 2.40. The molecule has 0 saturated heterocycles. The van der Waals surface area contributed by atoms with E-state index in [4.69, 9.17) is 4.74 Å². The molecule has 1 aliphatic carbocycles. The van der Waals surface area contributed by atoms with Gasteiger partial charge in [0.15, 0.2) is 0 Å². The summed E-state index contributed by atoms with van der Waals surface area (Å²) in [5.74, 6) is 0.305. The predicted octanol–water partition coefficient (Wildman–Crippen LogP) is 5.01. The molecular formula is C25H33NO3. The summed E-state index contributed by atoms with van der Waals surface area (Å²) in [4.78, 5) is 25.1. The Bertz CT molecular complexity index is 853. The Morgan fingerprint density at radius 3 is 2.41 bits per heavy atom. The zero-order valence-corrected chi connectivity index (χ0v) is 18.5. The lowest BCUT2D eigenvalue weighted by Crippen LogP contribution is -2.27. The van der Waals surface area contributed by atoms with Crippen LogP contribution in [0.15, 0.2) is 42.2 Å². The second kappa shape index (κ2) is 9.73. The minimum atomic E-state index is -0.316. The van der Waals surface area contributed by atoms with E-state index in [0.29, 0.717) is 13.0 Å². The number of benzene rings is 1. The molecule has 0 spiro atoms. The molecule has 1 aliphatic rings. The summed E-state index contributed by atoms with van der Waals surface area (Å²) in [6.45, 7) is 14.7. The summed E-state index contributed by atoms with van der Waals surface area (Å²) < 4.78 is 5.19. The molecule has 0 aliphatic heterocycles. The zero-order chi connectivity index (χ0) is 21.7. The van der Waals surface area contributed by atoms with Crippen LogP contribution >= 0.6 is 0 Å². The van der Waals surface area contributed by atoms with E-state index in [9.17, 15) is 9.59 Å². The van der Waals surface area contributed by atoms with Gasteiger partial charge in [0.25, 0.3) is 0 Å². The first-order chi connectivity index (χ1) is 13.7. The van der Waals surface area contributed by atoms with Crippen LogP contribution in [-0.2, 0) is 14.3 Å². The number of hydrogen-bond donors (Lipinski definition) is 1. The highest BCUT2D eigenvalue weighted by molar-refractivity contribution is 5.97. The lowest BCUT2D eigenvalue weighted by Gasteiger charge is -2.19. The van der Waals surface area contributed by atoms with Crippen LogP contribution in [0.1, 0.15) is 61.8 Å². The third-order valence-corrected chi connectivity index (χ3v) is 5.64. The average Bonchev–Trinajstić information content (AvgIpc) is 2.92. The molecule has 1 aromatic carbocycles. The van der Waals surface area contributed by atoms with Crippen molar-refractivity contribution in [3.63, 3.8) is 0 Å². The number of rotatable bonds is 7.